The van der Waals surface area contributed by atoms with E-state index in [9.17, 15) is 9.90 Å². The summed E-state index contributed by atoms with van der Waals surface area (Å²) in [7, 11) is 0. The molecule has 1 aromatic rings. The number of fused-ring (bicyclic) bond motifs is 1. The largest absolute Gasteiger partial charge is 0.481 e. The minimum atomic E-state index is -0.633. The molecule has 1 heterocycles. The molecule has 0 amide bonds. The molecule has 17 heavy (non-hydrogen) atoms. The van der Waals surface area contributed by atoms with Gasteiger partial charge in [-0.15, -0.1) is 0 Å². The molecule has 0 saturated carbocycles. The van der Waals surface area contributed by atoms with E-state index in [-0.39, 0.29) is 0 Å². The van der Waals surface area contributed by atoms with Crippen molar-refractivity contribution in [2.45, 2.75) is 25.2 Å². The fraction of sp³-hybridized carbons (Fsp3) is 0.500. The first kappa shape index (κ1) is 10.8. The molecule has 2 unspecified atom stereocenters. The molecule has 2 aliphatic rings. The van der Waals surface area contributed by atoms with Crippen molar-refractivity contribution in [1.29, 1.82) is 0 Å². The summed E-state index contributed by atoms with van der Waals surface area (Å²) in [5.41, 5.74) is 2.22. The van der Waals surface area contributed by atoms with E-state index in [1.807, 2.05) is 6.07 Å². The number of nitrogens with one attached hydrogen (secondary N) is 1. The molecular formula is C14H17NO2. The zero-order chi connectivity index (χ0) is 11.9. The van der Waals surface area contributed by atoms with E-state index in [0.717, 1.165) is 25.8 Å². The van der Waals surface area contributed by atoms with Crippen molar-refractivity contribution in [1.82, 2.24) is 5.32 Å². The van der Waals surface area contributed by atoms with Crippen LogP contribution in [0, 0.1) is 5.41 Å². The van der Waals surface area contributed by atoms with Crippen molar-refractivity contribution in [3.63, 3.8) is 0 Å². The fourth-order valence-corrected chi connectivity index (χ4v) is 3.20. The second-order valence-electron chi connectivity index (χ2n) is 5.32. The third-order valence-corrected chi connectivity index (χ3v) is 4.30. The summed E-state index contributed by atoms with van der Waals surface area (Å²) in [4.78, 5) is 11.5. The first-order valence-corrected chi connectivity index (χ1v) is 6.23. The fourth-order valence-electron chi connectivity index (χ4n) is 3.20. The van der Waals surface area contributed by atoms with Crippen LogP contribution in [0.15, 0.2) is 24.3 Å². The number of rotatable bonds is 3. The van der Waals surface area contributed by atoms with Gasteiger partial charge in [-0.1, -0.05) is 24.3 Å². The Labute approximate surface area is 101 Å². The van der Waals surface area contributed by atoms with Crippen LogP contribution in [0.2, 0.25) is 0 Å². The molecule has 1 saturated heterocycles. The number of carboxylic acid groups (broad SMARTS) is 1. The zero-order valence-corrected chi connectivity index (χ0v) is 9.78. The molecule has 3 rings (SSSR count). The van der Waals surface area contributed by atoms with Gasteiger partial charge in [0.2, 0.25) is 0 Å². The molecule has 2 atom stereocenters. The van der Waals surface area contributed by atoms with Crippen LogP contribution in [0.4, 0.5) is 0 Å². The summed E-state index contributed by atoms with van der Waals surface area (Å²) >= 11 is 0. The Hall–Kier alpha value is -1.35. The molecule has 2 N–H and O–H groups in total. The number of aliphatic carboxylic acids is 1. The van der Waals surface area contributed by atoms with Crippen LogP contribution in [-0.2, 0) is 11.2 Å². The van der Waals surface area contributed by atoms with Gasteiger partial charge < -0.3 is 10.4 Å². The van der Waals surface area contributed by atoms with E-state index in [0.29, 0.717) is 12.5 Å². The van der Waals surface area contributed by atoms with Gasteiger partial charge in [-0.2, -0.15) is 0 Å². The molecule has 0 aromatic heterocycles. The van der Waals surface area contributed by atoms with Crippen molar-refractivity contribution in [3.05, 3.63) is 35.4 Å². The molecule has 90 valence electrons. The average Bonchev–Trinajstić information content (AvgIpc) is 2.76. The molecule has 1 fully saturated rings. The van der Waals surface area contributed by atoms with E-state index < -0.39 is 11.4 Å². The summed E-state index contributed by atoms with van der Waals surface area (Å²) in [6.45, 7) is 1.46. The SMILES string of the molecule is O=C(O)C1(CC2Cc3ccccc32)CCNC1. The number of carbonyl (C=O) groups is 1. The molecule has 0 spiro atoms. The lowest BCUT2D eigenvalue weighted by molar-refractivity contribution is -0.148. The smallest absolute Gasteiger partial charge is 0.311 e. The van der Waals surface area contributed by atoms with E-state index >= 15 is 0 Å². The van der Waals surface area contributed by atoms with Crippen LogP contribution in [-0.4, -0.2) is 24.2 Å². The van der Waals surface area contributed by atoms with Gasteiger partial charge in [-0.25, -0.2) is 0 Å². The van der Waals surface area contributed by atoms with Gasteiger partial charge in [0.1, 0.15) is 0 Å². The Morgan fingerprint density at radius 1 is 1.47 bits per heavy atom. The number of hydrogen-bond acceptors (Lipinski definition) is 2. The van der Waals surface area contributed by atoms with Crippen molar-refractivity contribution >= 4 is 5.97 Å². The lowest BCUT2D eigenvalue weighted by atomic mass is 9.68. The molecule has 3 nitrogen and oxygen atoms in total. The third kappa shape index (κ3) is 1.65. The first-order chi connectivity index (χ1) is 8.21. The van der Waals surface area contributed by atoms with E-state index in [4.69, 9.17) is 0 Å². The van der Waals surface area contributed by atoms with E-state index in [2.05, 4.69) is 23.5 Å². The second-order valence-corrected chi connectivity index (χ2v) is 5.32. The zero-order valence-electron chi connectivity index (χ0n) is 9.78. The Balaban J connectivity index is 1.78. The normalized spacial score (nSPS) is 30.7. The summed E-state index contributed by atoms with van der Waals surface area (Å²) in [5, 5.41) is 12.6. The summed E-state index contributed by atoms with van der Waals surface area (Å²) < 4.78 is 0. The van der Waals surface area contributed by atoms with Gasteiger partial charge in [-0.05, 0) is 42.9 Å². The maximum atomic E-state index is 11.5. The number of carboxylic acids is 1. The van der Waals surface area contributed by atoms with Crippen molar-refractivity contribution in [3.8, 4) is 0 Å². The summed E-state index contributed by atoms with van der Waals surface area (Å²) in [6.07, 6.45) is 2.60. The van der Waals surface area contributed by atoms with Crippen LogP contribution < -0.4 is 5.32 Å². The van der Waals surface area contributed by atoms with Gasteiger partial charge in [0.25, 0.3) is 0 Å². The van der Waals surface area contributed by atoms with Crippen molar-refractivity contribution < 1.29 is 9.90 Å². The quantitative estimate of drug-likeness (QED) is 0.833. The van der Waals surface area contributed by atoms with Crippen LogP contribution in [0.25, 0.3) is 0 Å². The summed E-state index contributed by atoms with van der Waals surface area (Å²) in [5.74, 6) is -0.186. The van der Waals surface area contributed by atoms with Gasteiger partial charge in [0, 0.05) is 6.54 Å². The van der Waals surface area contributed by atoms with Crippen molar-refractivity contribution in [2.75, 3.05) is 13.1 Å². The monoisotopic (exact) mass is 231 g/mol. The highest BCUT2D eigenvalue weighted by atomic mass is 16.4. The van der Waals surface area contributed by atoms with Gasteiger partial charge in [0.15, 0.2) is 0 Å². The predicted octanol–water partition coefficient (Wildman–Crippen LogP) is 1.78. The van der Waals surface area contributed by atoms with Gasteiger partial charge in [0.05, 0.1) is 5.41 Å². The van der Waals surface area contributed by atoms with Crippen LogP contribution in [0.1, 0.15) is 29.9 Å². The maximum absolute atomic E-state index is 11.5. The molecule has 0 radical (unpaired) electrons. The molecule has 1 aromatic carbocycles. The Morgan fingerprint density at radius 3 is 2.94 bits per heavy atom. The summed E-state index contributed by atoms with van der Waals surface area (Å²) in [6, 6.07) is 8.39. The van der Waals surface area contributed by atoms with Crippen molar-refractivity contribution in [2.24, 2.45) is 5.41 Å². The highest BCUT2D eigenvalue weighted by Crippen LogP contribution is 2.45. The molecule has 0 bridgehead atoms. The maximum Gasteiger partial charge on any atom is 0.311 e. The lowest BCUT2D eigenvalue weighted by Gasteiger charge is -2.35. The molecule has 3 heteroatoms. The van der Waals surface area contributed by atoms with Gasteiger partial charge in [-0.3, -0.25) is 4.79 Å². The number of hydrogen-bond donors (Lipinski definition) is 2. The van der Waals surface area contributed by atoms with Crippen LogP contribution >= 0.6 is 0 Å². The first-order valence-electron chi connectivity index (χ1n) is 6.23. The minimum absolute atomic E-state index is 0.446. The van der Waals surface area contributed by atoms with Crippen LogP contribution in [0.5, 0.6) is 0 Å². The molecule has 1 aliphatic carbocycles. The predicted molar refractivity (Wildman–Crippen MR) is 65.1 cm³/mol. The lowest BCUT2D eigenvalue weighted by Crippen LogP contribution is -2.37. The Morgan fingerprint density at radius 2 is 2.29 bits per heavy atom. The van der Waals surface area contributed by atoms with Gasteiger partial charge >= 0.3 is 5.97 Å². The Bertz CT molecular complexity index is 449. The third-order valence-electron chi connectivity index (χ3n) is 4.30. The molecular weight excluding hydrogens is 214 g/mol. The number of benzene rings is 1. The van der Waals surface area contributed by atoms with E-state index in [1.165, 1.54) is 11.1 Å². The standard InChI is InChI=1S/C14H17NO2/c16-13(17)14(5-6-15-9-14)8-11-7-10-3-1-2-4-12(10)11/h1-4,11,15H,5-9H2,(H,16,17). The second kappa shape index (κ2) is 3.84. The molecule has 1 aliphatic heterocycles. The topological polar surface area (TPSA) is 49.3 Å². The highest BCUT2D eigenvalue weighted by Gasteiger charge is 2.45. The Kier molecular flexibility index (Phi) is 2.44. The highest BCUT2D eigenvalue weighted by molar-refractivity contribution is 5.75. The van der Waals surface area contributed by atoms with Crippen LogP contribution in [0.3, 0.4) is 0 Å². The van der Waals surface area contributed by atoms with E-state index in [1.54, 1.807) is 0 Å². The minimum Gasteiger partial charge on any atom is -0.481 e. The average molecular weight is 231 g/mol.